The number of aromatic nitrogens is 2. The van der Waals surface area contributed by atoms with Crippen LogP contribution in [0.25, 0.3) is 0 Å². The Balaban J connectivity index is 1.82. The van der Waals surface area contributed by atoms with Gasteiger partial charge in [0.2, 0.25) is 0 Å². The molecule has 0 unspecified atom stereocenters. The summed E-state index contributed by atoms with van der Waals surface area (Å²) in [4.78, 5) is 11.4. The molecule has 0 saturated heterocycles. The van der Waals surface area contributed by atoms with Gasteiger partial charge in [0.05, 0.1) is 6.20 Å². The Bertz CT molecular complexity index is 493. The molecule has 0 radical (unpaired) electrons. The maximum absolute atomic E-state index is 11.4. The first-order valence-corrected chi connectivity index (χ1v) is 5.22. The summed E-state index contributed by atoms with van der Waals surface area (Å²) >= 11 is 0. The van der Waals surface area contributed by atoms with Crippen molar-refractivity contribution in [3.8, 4) is 5.75 Å². The number of amides is 1. The van der Waals surface area contributed by atoms with E-state index in [9.17, 15) is 4.79 Å². The summed E-state index contributed by atoms with van der Waals surface area (Å²) in [6.07, 6.45) is 3.06. The van der Waals surface area contributed by atoms with Crippen LogP contribution in [0.2, 0.25) is 0 Å². The quantitative estimate of drug-likeness (QED) is 0.874. The number of benzene rings is 1. The Morgan fingerprint density at radius 1 is 1.41 bits per heavy atom. The molecule has 1 aromatic heterocycles. The van der Waals surface area contributed by atoms with Crippen LogP contribution >= 0.6 is 0 Å². The minimum atomic E-state index is -0.472. The summed E-state index contributed by atoms with van der Waals surface area (Å²) < 4.78 is 6.75. The highest BCUT2D eigenvalue weighted by atomic mass is 16.5. The van der Waals surface area contributed by atoms with Crippen molar-refractivity contribution in [1.29, 1.82) is 0 Å². The Kier molecular flexibility index (Phi) is 3.40. The van der Waals surface area contributed by atoms with Crippen molar-refractivity contribution in [2.75, 3.05) is 0 Å². The fourth-order valence-electron chi connectivity index (χ4n) is 1.37. The van der Waals surface area contributed by atoms with Gasteiger partial charge in [-0.2, -0.15) is 5.10 Å². The average molecular weight is 231 g/mol. The molecule has 1 aromatic carbocycles. The molecular weight excluding hydrogens is 218 g/mol. The van der Waals surface area contributed by atoms with E-state index in [2.05, 4.69) is 10.4 Å². The molecule has 5 heteroatoms. The van der Waals surface area contributed by atoms with Crippen molar-refractivity contribution in [3.63, 3.8) is 0 Å². The Morgan fingerprint density at radius 2 is 2.18 bits per heavy atom. The number of carbonyl (C=O) groups excluding carboxylic acids is 1. The standard InChI is InChI=1S/C12H13N3O2/c1-15-9-10(8-14-15)7-13-12(16)17-11-5-3-2-4-6-11/h2-6,8-9H,7H2,1H3,(H,13,16). The van der Waals surface area contributed by atoms with E-state index in [0.717, 1.165) is 5.56 Å². The Hall–Kier alpha value is -2.30. The predicted octanol–water partition coefficient (Wildman–Crippen LogP) is 1.71. The zero-order chi connectivity index (χ0) is 12.1. The molecule has 88 valence electrons. The molecule has 0 aliphatic rings. The van der Waals surface area contributed by atoms with Crippen molar-refractivity contribution in [2.45, 2.75) is 6.54 Å². The van der Waals surface area contributed by atoms with Crippen LogP contribution in [0.1, 0.15) is 5.56 Å². The number of nitrogens with zero attached hydrogens (tertiary/aromatic N) is 2. The van der Waals surface area contributed by atoms with Gasteiger partial charge in [-0.05, 0) is 12.1 Å². The normalized spacial score (nSPS) is 9.94. The van der Waals surface area contributed by atoms with Crippen LogP contribution in [0.4, 0.5) is 4.79 Å². The molecule has 0 atom stereocenters. The molecule has 1 amide bonds. The number of aryl methyl sites for hydroxylation is 1. The molecule has 0 saturated carbocycles. The van der Waals surface area contributed by atoms with Gasteiger partial charge < -0.3 is 10.1 Å². The molecule has 0 fully saturated rings. The molecule has 0 aliphatic heterocycles. The summed E-state index contributed by atoms with van der Waals surface area (Å²) in [5.74, 6) is 0.524. The van der Waals surface area contributed by atoms with Gasteiger partial charge in [-0.3, -0.25) is 4.68 Å². The number of hydrogen-bond donors (Lipinski definition) is 1. The molecular formula is C12H13N3O2. The third-order valence-corrected chi connectivity index (χ3v) is 2.15. The average Bonchev–Trinajstić information content (AvgIpc) is 2.74. The largest absolute Gasteiger partial charge is 0.412 e. The van der Waals surface area contributed by atoms with Crippen molar-refractivity contribution in [3.05, 3.63) is 48.3 Å². The van der Waals surface area contributed by atoms with E-state index < -0.39 is 6.09 Å². The van der Waals surface area contributed by atoms with E-state index in [1.54, 1.807) is 23.0 Å². The predicted molar refractivity (Wildman–Crippen MR) is 62.5 cm³/mol. The first-order chi connectivity index (χ1) is 8.24. The fraction of sp³-hybridized carbons (Fsp3) is 0.167. The summed E-state index contributed by atoms with van der Waals surface area (Å²) in [5, 5.41) is 6.65. The lowest BCUT2D eigenvalue weighted by Gasteiger charge is -2.04. The van der Waals surface area contributed by atoms with E-state index in [1.165, 1.54) is 0 Å². The van der Waals surface area contributed by atoms with E-state index in [-0.39, 0.29) is 0 Å². The minimum absolute atomic E-state index is 0.402. The second-order valence-corrected chi connectivity index (χ2v) is 3.58. The van der Waals surface area contributed by atoms with Gasteiger partial charge in [-0.25, -0.2) is 4.79 Å². The summed E-state index contributed by atoms with van der Waals surface area (Å²) in [5.41, 5.74) is 0.928. The molecule has 2 rings (SSSR count). The maximum atomic E-state index is 11.4. The van der Waals surface area contributed by atoms with E-state index in [0.29, 0.717) is 12.3 Å². The molecule has 17 heavy (non-hydrogen) atoms. The maximum Gasteiger partial charge on any atom is 0.412 e. The van der Waals surface area contributed by atoms with Gasteiger partial charge in [-0.1, -0.05) is 18.2 Å². The van der Waals surface area contributed by atoms with Crippen LogP contribution in [0.15, 0.2) is 42.7 Å². The molecule has 2 aromatic rings. The van der Waals surface area contributed by atoms with E-state index >= 15 is 0 Å². The van der Waals surface area contributed by atoms with E-state index in [1.807, 2.05) is 31.4 Å². The highest BCUT2D eigenvalue weighted by Gasteiger charge is 2.04. The zero-order valence-electron chi connectivity index (χ0n) is 9.46. The van der Waals surface area contributed by atoms with Gasteiger partial charge in [0.25, 0.3) is 0 Å². The molecule has 0 bridgehead atoms. The van der Waals surface area contributed by atoms with Crippen molar-refractivity contribution >= 4 is 6.09 Å². The lowest BCUT2D eigenvalue weighted by molar-refractivity contribution is 0.200. The van der Waals surface area contributed by atoms with Gasteiger partial charge in [0.1, 0.15) is 5.75 Å². The number of rotatable bonds is 3. The lowest BCUT2D eigenvalue weighted by Crippen LogP contribution is -2.26. The fourth-order valence-corrected chi connectivity index (χ4v) is 1.37. The minimum Gasteiger partial charge on any atom is -0.410 e. The lowest BCUT2D eigenvalue weighted by atomic mass is 10.3. The molecule has 0 spiro atoms. The molecule has 0 aliphatic carbocycles. The topological polar surface area (TPSA) is 56.2 Å². The molecule has 1 N–H and O–H groups in total. The molecule has 5 nitrogen and oxygen atoms in total. The zero-order valence-corrected chi connectivity index (χ0v) is 9.46. The third kappa shape index (κ3) is 3.34. The number of carbonyl (C=O) groups is 1. The first kappa shape index (κ1) is 11.2. The monoisotopic (exact) mass is 231 g/mol. The summed E-state index contributed by atoms with van der Waals surface area (Å²) in [6, 6.07) is 8.93. The summed E-state index contributed by atoms with van der Waals surface area (Å²) in [6.45, 7) is 0.402. The summed E-state index contributed by atoms with van der Waals surface area (Å²) in [7, 11) is 1.83. The van der Waals surface area contributed by atoms with Gasteiger partial charge in [-0.15, -0.1) is 0 Å². The molecule has 1 heterocycles. The first-order valence-electron chi connectivity index (χ1n) is 5.22. The number of nitrogens with one attached hydrogen (secondary N) is 1. The Morgan fingerprint density at radius 3 is 2.82 bits per heavy atom. The number of ether oxygens (including phenoxy) is 1. The smallest absolute Gasteiger partial charge is 0.410 e. The van der Waals surface area contributed by atoms with Crippen LogP contribution < -0.4 is 10.1 Å². The second kappa shape index (κ2) is 5.16. The second-order valence-electron chi connectivity index (χ2n) is 3.58. The van der Waals surface area contributed by atoms with Crippen molar-refractivity contribution in [1.82, 2.24) is 15.1 Å². The van der Waals surface area contributed by atoms with Crippen molar-refractivity contribution in [2.24, 2.45) is 7.05 Å². The van der Waals surface area contributed by atoms with Crippen LogP contribution in [0.3, 0.4) is 0 Å². The van der Waals surface area contributed by atoms with Crippen LogP contribution in [0.5, 0.6) is 5.75 Å². The Labute approximate surface area is 99.0 Å². The van der Waals surface area contributed by atoms with Crippen LogP contribution in [0, 0.1) is 0 Å². The number of para-hydroxylation sites is 1. The van der Waals surface area contributed by atoms with Crippen LogP contribution in [-0.2, 0) is 13.6 Å². The van der Waals surface area contributed by atoms with Gasteiger partial charge in [0, 0.05) is 25.4 Å². The number of hydrogen-bond acceptors (Lipinski definition) is 3. The van der Waals surface area contributed by atoms with Gasteiger partial charge in [0.15, 0.2) is 0 Å². The van der Waals surface area contributed by atoms with Crippen molar-refractivity contribution < 1.29 is 9.53 Å². The third-order valence-electron chi connectivity index (χ3n) is 2.15. The van der Waals surface area contributed by atoms with Gasteiger partial charge >= 0.3 is 6.09 Å². The SMILES string of the molecule is Cn1cc(CNC(=O)Oc2ccccc2)cn1. The highest BCUT2D eigenvalue weighted by molar-refractivity contribution is 5.70. The van der Waals surface area contributed by atoms with Crippen LogP contribution in [-0.4, -0.2) is 15.9 Å². The highest BCUT2D eigenvalue weighted by Crippen LogP contribution is 2.08. The van der Waals surface area contributed by atoms with E-state index in [4.69, 9.17) is 4.74 Å².